The third-order valence-electron chi connectivity index (χ3n) is 2.38. The first-order valence-corrected chi connectivity index (χ1v) is 5.70. The van der Waals surface area contributed by atoms with Gasteiger partial charge in [0, 0.05) is 18.8 Å². The third-order valence-corrected chi connectivity index (χ3v) is 2.58. The second-order valence-electron chi connectivity index (χ2n) is 3.76. The normalized spacial score (nSPS) is 10.9. The highest BCUT2D eigenvalue weighted by atomic mass is 32.1. The van der Waals surface area contributed by atoms with Crippen LogP contribution in [0.15, 0.2) is 24.3 Å². The Morgan fingerprint density at radius 3 is 2.36 bits per heavy atom. The van der Waals surface area contributed by atoms with Crippen molar-refractivity contribution in [2.24, 2.45) is 0 Å². The number of thiol groups is 1. The molecule has 1 aromatic carbocycles. The van der Waals surface area contributed by atoms with Crippen LogP contribution in [-0.2, 0) is 6.42 Å². The van der Waals surface area contributed by atoms with Gasteiger partial charge in [0.15, 0.2) is 0 Å². The molecule has 0 fully saturated rings. The Labute approximate surface area is 92.5 Å². The number of hydrogen-bond donors (Lipinski definition) is 1. The van der Waals surface area contributed by atoms with E-state index in [1.54, 1.807) is 0 Å². The van der Waals surface area contributed by atoms with Crippen LogP contribution in [0.5, 0.6) is 0 Å². The highest BCUT2D eigenvalue weighted by Gasteiger charge is 1.97. The Bertz CT molecular complexity index is 256. The first kappa shape index (κ1) is 11.6. The topological polar surface area (TPSA) is 3.24 Å². The van der Waals surface area contributed by atoms with Crippen LogP contribution in [0.2, 0.25) is 0 Å². The summed E-state index contributed by atoms with van der Waals surface area (Å²) in [7, 11) is 2.14. The lowest BCUT2D eigenvalue weighted by Gasteiger charge is -2.14. The average Bonchev–Trinajstić information content (AvgIpc) is 2.17. The molecular formula is C12H19NS. The molecule has 0 atom stereocenters. The SMILES string of the molecule is Cc1ccc(CCN(C)CCS)cc1. The molecular weight excluding hydrogens is 190 g/mol. The van der Waals surface area contributed by atoms with Gasteiger partial charge in [0.1, 0.15) is 0 Å². The highest BCUT2D eigenvalue weighted by Crippen LogP contribution is 2.04. The molecule has 0 N–H and O–H groups in total. The Kier molecular flexibility index (Phi) is 5.05. The quantitative estimate of drug-likeness (QED) is 0.729. The lowest BCUT2D eigenvalue weighted by atomic mass is 10.1. The van der Waals surface area contributed by atoms with Crippen molar-refractivity contribution in [3.8, 4) is 0 Å². The van der Waals surface area contributed by atoms with Crippen molar-refractivity contribution >= 4 is 12.6 Å². The van der Waals surface area contributed by atoms with Gasteiger partial charge in [-0.3, -0.25) is 0 Å². The zero-order valence-corrected chi connectivity index (χ0v) is 9.93. The van der Waals surface area contributed by atoms with Gasteiger partial charge in [-0.15, -0.1) is 0 Å². The van der Waals surface area contributed by atoms with Crippen molar-refractivity contribution in [3.05, 3.63) is 35.4 Å². The van der Waals surface area contributed by atoms with Gasteiger partial charge < -0.3 is 4.90 Å². The molecule has 78 valence electrons. The molecule has 0 bridgehead atoms. The minimum absolute atomic E-state index is 0.935. The molecule has 2 heteroatoms. The first-order valence-electron chi connectivity index (χ1n) is 5.07. The number of aryl methyl sites for hydroxylation is 1. The highest BCUT2D eigenvalue weighted by molar-refractivity contribution is 7.80. The summed E-state index contributed by atoms with van der Waals surface area (Å²) in [6.45, 7) is 4.30. The number of benzene rings is 1. The van der Waals surface area contributed by atoms with Crippen LogP contribution in [0.1, 0.15) is 11.1 Å². The summed E-state index contributed by atoms with van der Waals surface area (Å²) in [5.74, 6) is 0.935. The maximum absolute atomic E-state index is 4.21. The molecule has 1 aromatic rings. The predicted molar refractivity (Wildman–Crippen MR) is 66.2 cm³/mol. The van der Waals surface area contributed by atoms with E-state index in [4.69, 9.17) is 0 Å². The number of hydrogen-bond acceptors (Lipinski definition) is 2. The van der Waals surface area contributed by atoms with Gasteiger partial charge in [-0.2, -0.15) is 12.6 Å². The minimum atomic E-state index is 0.935. The molecule has 0 radical (unpaired) electrons. The third kappa shape index (κ3) is 4.16. The summed E-state index contributed by atoms with van der Waals surface area (Å²) in [5.41, 5.74) is 2.75. The molecule has 0 aliphatic heterocycles. The Hall–Kier alpha value is -0.470. The van der Waals surface area contributed by atoms with Crippen LogP contribution in [0.4, 0.5) is 0 Å². The van der Waals surface area contributed by atoms with E-state index >= 15 is 0 Å². The van der Waals surface area contributed by atoms with E-state index < -0.39 is 0 Å². The fourth-order valence-corrected chi connectivity index (χ4v) is 1.70. The maximum Gasteiger partial charge on any atom is 0.00669 e. The predicted octanol–water partition coefficient (Wildman–Crippen LogP) is 2.40. The number of nitrogens with zero attached hydrogens (tertiary/aromatic N) is 1. The molecule has 0 aliphatic rings. The largest absolute Gasteiger partial charge is 0.305 e. The van der Waals surface area contributed by atoms with Gasteiger partial charge in [-0.1, -0.05) is 29.8 Å². The maximum atomic E-state index is 4.21. The summed E-state index contributed by atoms with van der Waals surface area (Å²) in [6, 6.07) is 8.77. The molecule has 0 unspecified atom stereocenters. The molecule has 0 spiro atoms. The summed E-state index contributed by atoms with van der Waals surface area (Å²) < 4.78 is 0. The molecule has 1 rings (SSSR count). The zero-order chi connectivity index (χ0) is 10.4. The van der Waals surface area contributed by atoms with E-state index in [2.05, 4.69) is 55.8 Å². The van der Waals surface area contributed by atoms with E-state index in [-0.39, 0.29) is 0 Å². The molecule has 0 saturated heterocycles. The summed E-state index contributed by atoms with van der Waals surface area (Å²) in [4.78, 5) is 2.31. The average molecular weight is 209 g/mol. The van der Waals surface area contributed by atoms with Crippen molar-refractivity contribution in [3.63, 3.8) is 0 Å². The molecule has 0 heterocycles. The van der Waals surface area contributed by atoms with Crippen molar-refractivity contribution in [2.75, 3.05) is 25.9 Å². The molecule has 0 amide bonds. The second kappa shape index (κ2) is 6.10. The van der Waals surface area contributed by atoms with E-state index in [1.807, 2.05) is 0 Å². The van der Waals surface area contributed by atoms with E-state index in [0.717, 1.165) is 25.3 Å². The van der Waals surface area contributed by atoms with Gasteiger partial charge in [-0.05, 0) is 26.0 Å². The van der Waals surface area contributed by atoms with Crippen molar-refractivity contribution < 1.29 is 0 Å². The first-order chi connectivity index (χ1) is 6.72. The van der Waals surface area contributed by atoms with Crippen molar-refractivity contribution in [1.82, 2.24) is 4.90 Å². The Balaban J connectivity index is 2.34. The molecule has 14 heavy (non-hydrogen) atoms. The molecule has 0 aliphatic carbocycles. The lowest BCUT2D eigenvalue weighted by Crippen LogP contribution is -2.23. The van der Waals surface area contributed by atoms with E-state index in [9.17, 15) is 0 Å². The van der Waals surface area contributed by atoms with Crippen LogP contribution >= 0.6 is 12.6 Å². The summed E-state index contributed by atoms with van der Waals surface area (Å²) in [5, 5.41) is 0. The van der Waals surface area contributed by atoms with E-state index in [0.29, 0.717) is 0 Å². The Morgan fingerprint density at radius 1 is 1.14 bits per heavy atom. The van der Waals surface area contributed by atoms with Gasteiger partial charge in [0.2, 0.25) is 0 Å². The second-order valence-corrected chi connectivity index (χ2v) is 4.21. The Morgan fingerprint density at radius 2 is 1.79 bits per heavy atom. The van der Waals surface area contributed by atoms with Gasteiger partial charge >= 0.3 is 0 Å². The fraction of sp³-hybridized carbons (Fsp3) is 0.500. The smallest absolute Gasteiger partial charge is 0.00669 e. The van der Waals surface area contributed by atoms with Crippen molar-refractivity contribution in [1.29, 1.82) is 0 Å². The lowest BCUT2D eigenvalue weighted by molar-refractivity contribution is 0.361. The molecule has 1 nitrogen and oxygen atoms in total. The van der Waals surface area contributed by atoms with Crippen LogP contribution in [0, 0.1) is 6.92 Å². The van der Waals surface area contributed by atoms with Gasteiger partial charge in [0.25, 0.3) is 0 Å². The number of rotatable bonds is 5. The summed E-state index contributed by atoms with van der Waals surface area (Å²) >= 11 is 4.21. The van der Waals surface area contributed by atoms with Crippen LogP contribution in [0.25, 0.3) is 0 Å². The number of likely N-dealkylation sites (N-methyl/N-ethyl adjacent to an activating group) is 1. The molecule has 0 saturated carbocycles. The van der Waals surface area contributed by atoms with Crippen LogP contribution < -0.4 is 0 Å². The molecule has 0 aromatic heterocycles. The monoisotopic (exact) mass is 209 g/mol. The van der Waals surface area contributed by atoms with Crippen molar-refractivity contribution in [2.45, 2.75) is 13.3 Å². The minimum Gasteiger partial charge on any atom is -0.305 e. The van der Waals surface area contributed by atoms with Gasteiger partial charge in [-0.25, -0.2) is 0 Å². The van der Waals surface area contributed by atoms with Crippen LogP contribution in [-0.4, -0.2) is 30.8 Å². The zero-order valence-electron chi connectivity index (χ0n) is 9.03. The van der Waals surface area contributed by atoms with Crippen LogP contribution in [0.3, 0.4) is 0 Å². The standard InChI is InChI=1S/C12H19NS/c1-11-3-5-12(6-4-11)7-8-13(2)9-10-14/h3-6,14H,7-10H2,1-2H3. The summed E-state index contributed by atoms with van der Waals surface area (Å²) in [6.07, 6.45) is 1.13. The van der Waals surface area contributed by atoms with Gasteiger partial charge in [0.05, 0.1) is 0 Å². The fourth-order valence-electron chi connectivity index (χ4n) is 1.36. The van der Waals surface area contributed by atoms with E-state index in [1.165, 1.54) is 11.1 Å².